The Hall–Kier alpha value is -0.310. The summed E-state index contributed by atoms with van der Waals surface area (Å²) >= 11 is 5.22. The van der Waals surface area contributed by atoms with Crippen LogP contribution in [0.25, 0.3) is 0 Å². The van der Waals surface area contributed by atoms with E-state index in [4.69, 9.17) is 12.2 Å². The molecule has 0 amide bonds. The van der Waals surface area contributed by atoms with Crippen molar-refractivity contribution in [3.05, 3.63) is 0 Å². The molecule has 2 bridgehead atoms. The largest absolute Gasteiger partial charge is 0.363 e. The predicted molar refractivity (Wildman–Crippen MR) is 67.8 cm³/mol. The SMILES string of the molecule is CCCNC(=S)NC[C@@H]1C[C@H]2CC[C@@H]1C2. The molecule has 0 aromatic heterocycles. The molecule has 2 saturated carbocycles. The van der Waals surface area contributed by atoms with Gasteiger partial charge in [0.15, 0.2) is 5.11 Å². The third-order valence-electron chi connectivity index (χ3n) is 3.94. The van der Waals surface area contributed by atoms with E-state index in [0.29, 0.717) is 0 Å². The summed E-state index contributed by atoms with van der Waals surface area (Å²) in [6.07, 6.45) is 7.01. The molecule has 0 heterocycles. The van der Waals surface area contributed by atoms with Crippen molar-refractivity contribution in [2.45, 2.75) is 39.0 Å². The Labute approximate surface area is 98.2 Å². The molecule has 0 aromatic carbocycles. The molecule has 2 nitrogen and oxygen atoms in total. The van der Waals surface area contributed by atoms with Gasteiger partial charge in [-0.3, -0.25) is 0 Å². The quantitative estimate of drug-likeness (QED) is 0.719. The van der Waals surface area contributed by atoms with E-state index >= 15 is 0 Å². The van der Waals surface area contributed by atoms with Crippen LogP contribution in [0.15, 0.2) is 0 Å². The van der Waals surface area contributed by atoms with E-state index in [9.17, 15) is 0 Å². The standard InChI is InChI=1S/C12H22N2S/c1-2-5-13-12(15)14-8-11-7-9-3-4-10(11)6-9/h9-11H,2-8H2,1H3,(H2,13,14,15)/t9-,10+,11-/m0/s1. The molecule has 0 saturated heterocycles. The van der Waals surface area contributed by atoms with Crippen LogP contribution in [0.5, 0.6) is 0 Å². The number of hydrogen-bond donors (Lipinski definition) is 2. The smallest absolute Gasteiger partial charge is 0.166 e. The highest BCUT2D eigenvalue weighted by Gasteiger charge is 2.39. The fraction of sp³-hybridized carbons (Fsp3) is 0.917. The second kappa shape index (κ2) is 5.15. The van der Waals surface area contributed by atoms with Crippen LogP contribution >= 0.6 is 12.2 Å². The molecule has 2 aliphatic rings. The Balaban J connectivity index is 1.64. The molecule has 2 rings (SSSR count). The summed E-state index contributed by atoms with van der Waals surface area (Å²) in [5.74, 6) is 2.93. The molecule has 2 N–H and O–H groups in total. The van der Waals surface area contributed by atoms with Crippen LogP contribution < -0.4 is 10.6 Å². The Morgan fingerprint density at radius 2 is 2.13 bits per heavy atom. The van der Waals surface area contributed by atoms with E-state index in [0.717, 1.165) is 42.4 Å². The lowest BCUT2D eigenvalue weighted by atomic mass is 9.89. The van der Waals surface area contributed by atoms with Gasteiger partial charge in [0.2, 0.25) is 0 Å². The van der Waals surface area contributed by atoms with Crippen LogP contribution in [-0.2, 0) is 0 Å². The molecule has 2 fully saturated rings. The van der Waals surface area contributed by atoms with Gasteiger partial charge in [-0.05, 0) is 55.7 Å². The molecular formula is C12H22N2S. The van der Waals surface area contributed by atoms with Crippen molar-refractivity contribution in [2.24, 2.45) is 17.8 Å². The van der Waals surface area contributed by atoms with Crippen LogP contribution in [0.3, 0.4) is 0 Å². The minimum atomic E-state index is 0.847. The summed E-state index contributed by atoms with van der Waals surface area (Å²) in [4.78, 5) is 0. The molecule has 0 spiro atoms. The number of nitrogens with one attached hydrogen (secondary N) is 2. The Kier molecular flexibility index (Phi) is 3.84. The number of hydrogen-bond acceptors (Lipinski definition) is 1. The fourth-order valence-electron chi connectivity index (χ4n) is 3.15. The van der Waals surface area contributed by atoms with Crippen LogP contribution in [0, 0.1) is 17.8 Å². The molecule has 0 radical (unpaired) electrons. The summed E-state index contributed by atoms with van der Waals surface area (Å²) in [5, 5.41) is 7.43. The van der Waals surface area contributed by atoms with E-state index in [1.807, 2.05) is 0 Å². The average molecular weight is 226 g/mol. The first-order valence-electron chi connectivity index (χ1n) is 6.31. The van der Waals surface area contributed by atoms with E-state index in [1.165, 1.54) is 25.7 Å². The molecule has 86 valence electrons. The molecule has 0 aromatic rings. The molecular weight excluding hydrogens is 204 g/mol. The molecule has 2 aliphatic carbocycles. The van der Waals surface area contributed by atoms with Gasteiger partial charge in [-0.1, -0.05) is 13.3 Å². The second-order valence-corrected chi connectivity index (χ2v) is 5.48. The van der Waals surface area contributed by atoms with Crippen molar-refractivity contribution in [2.75, 3.05) is 13.1 Å². The van der Waals surface area contributed by atoms with Crippen molar-refractivity contribution in [3.63, 3.8) is 0 Å². The maximum atomic E-state index is 5.22. The van der Waals surface area contributed by atoms with Crippen LogP contribution in [0.1, 0.15) is 39.0 Å². The fourth-order valence-corrected chi connectivity index (χ4v) is 3.34. The number of thiocarbonyl (C=S) groups is 1. The lowest BCUT2D eigenvalue weighted by molar-refractivity contribution is 0.332. The first-order chi connectivity index (χ1) is 7.29. The van der Waals surface area contributed by atoms with Gasteiger partial charge >= 0.3 is 0 Å². The van der Waals surface area contributed by atoms with Crippen molar-refractivity contribution >= 4 is 17.3 Å². The normalized spacial score (nSPS) is 33.0. The van der Waals surface area contributed by atoms with E-state index < -0.39 is 0 Å². The van der Waals surface area contributed by atoms with Gasteiger partial charge in [0.05, 0.1) is 0 Å². The lowest BCUT2D eigenvalue weighted by Crippen LogP contribution is -2.39. The first kappa shape index (κ1) is 11.2. The zero-order valence-electron chi connectivity index (χ0n) is 9.59. The van der Waals surface area contributed by atoms with Crippen molar-refractivity contribution in [1.82, 2.24) is 10.6 Å². The summed E-state index contributed by atoms with van der Waals surface area (Å²) in [5.41, 5.74) is 0. The maximum Gasteiger partial charge on any atom is 0.166 e. The Morgan fingerprint density at radius 3 is 2.73 bits per heavy atom. The number of rotatable bonds is 4. The predicted octanol–water partition coefficient (Wildman–Crippen LogP) is 2.30. The number of fused-ring (bicyclic) bond motifs is 2. The van der Waals surface area contributed by atoms with Crippen molar-refractivity contribution in [1.29, 1.82) is 0 Å². The van der Waals surface area contributed by atoms with Gasteiger partial charge in [-0.2, -0.15) is 0 Å². The summed E-state index contributed by atoms with van der Waals surface area (Å²) < 4.78 is 0. The van der Waals surface area contributed by atoms with Crippen molar-refractivity contribution in [3.8, 4) is 0 Å². The monoisotopic (exact) mass is 226 g/mol. The van der Waals surface area contributed by atoms with Crippen LogP contribution in [0.2, 0.25) is 0 Å². The molecule has 0 unspecified atom stereocenters. The summed E-state index contributed by atoms with van der Waals surface area (Å²) in [6, 6.07) is 0. The second-order valence-electron chi connectivity index (χ2n) is 5.07. The topological polar surface area (TPSA) is 24.1 Å². The van der Waals surface area contributed by atoms with Gasteiger partial charge in [0.1, 0.15) is 0 Å². The zero-order chi connectivity index (χ0) is 10.7. The molecule has 0 aliphatic heterocycles. The highest BCUT2D eigenvalue weighted by Crippen LogP contribution is 2.47. The van der Waals surface area contributed by atoms with Crippen LogP contribution in [0.4, 0.5) is 0 Å². The Morgan fingerprint density at radius 1 is 1.27 bits per heavy atom. The third-order valence-corrected chi connectivity index (χ3v) is 4.23. The maximum absolute atomic E-state index is 5.22. The Bertz CT molecular complexity index is 230. The average Bonchev–Trinajstić information content (AvgIpc) is 2.84. The van der Waals surface area contributed by atoms with E-state index in [2.05, 4.69) is 17.6 Å². The van der Waals surface area contributed by atoms with Gasteiger partial charge in [-0.25, -0.2) is 0 Å². The third kappa shape index (κ3) is 2.83. The minimum absolute atomic E-state index is 0.847. The summed E-state index contributed by atoms with van der Waals surface area (Å²) in [6.45, 7) is 4.24. The molecule has 3 atom stereocenters. The van der Waals surface area contributed by atoms with Gasteiger partial charge < -0.3 is 10.6 Å². The van der Waals surface area contributed by atoms with Gasteiger partial charge in [0.25, 0.3) is 0 Å². The summed E-state index contributed by atoms with van der Waals surface area (Å²) in [7, 11) is 0. The van der Waals surface area contributed by atoms with E-state index in [-0.39, 0.29) is 0 Å². The minimum Gasteiger partial charge on any atom is -0.363 e. The van der Waals surface area contributed by atoms with E-state index in [1.54, 1.807) is 0 Å². The zero-order valence-corrected chi connectivity index (χ0v) is 10.4. The molecule has 3 heteroatoms. The van der Waals surface area contributed by atoms with Gasteiger partial charge in [0, 0.05) is 13.1 Å². The van der Waals surface area contributed by atoms with Gasteiger partial charge in [-0.15, -0.1) is 0 Å². The first-order valence-corrected chi connectivity index (χ1v) is 6.72. The van der Waals surface area contributed by atoms with Crippen LogP contribution in [-0.4, -0.2) is 18.2 Å². The highest BCUT2D eigenvalue weighted by atomic mass is 32.1. The molecule has 15 heavy (non-hydrogen) atoms. The lowest BCUT2D eigenvalue weighted by Gasteiger charge is -2.22. The van der Waals surface area contributed by atoms with Crippen molar-refractivity contribution < 1.29 is 0 Å². The highest BCUT2D eigenvalue weighted by molar-refractivity contribution is 7.80.